The molecule has 0 atom stereocenters. The minimum absolute atomic E-state index is 0.469. The monoisotopic (exact) mass is 336 g/mol. The van der Waals surface area contributed by atoms with E-state index in [0.717, 1.165) is 10.5 Å². The molecule has 0 fully saturated rings. The second-order valence-electron chi connectivity index (χ2n) is 5.07. The maximum Gasteiger partial charge on any atom is 0.241 e. The van der Waals surface area contributed by atoms with Crippen LogP contribution < -0.4 is 15.5 Å². The maximum atomic E-state index is 10.7. The van der Waals surface area contributed by atoms with Crippen LogP contribution in [0, 0.1) is 0 Å². The van der Waals surface area contributed by atoms with Gasteiger partial charge in [0.2, 0.25) is 5.91 Å². The quantitative estimate of drug-likeness (QED) is 0.407. The highest BCUT2D eigenvalue weighted by Gasteiger charge is 2.01. The fraction of sp³-hybridized carbons (Fsp3) is 0. The van der Waals surface area contributed by atoms with E-state index in [1.165, 1.54) is 28.8 Å². The van der Waals surface area contributed by atoms with E-state index in [2.05, 4.69) is 23.1 Å². The second-order valence-corrected chi connectivity index (χ2v) is 5.88. The van der Waals surface area contributed by atoms with Crippen molar-refractivity contribution in [2.24, 2.45) is 5.73 Å². The molecule has 0 bridgehead atoms. The molecule has 0 radical (unpaired) electrons. The maximum absolute atomic E-state index is 10.7. The Labute approximate surface area is 144 Å². The van der Waals surface area contributed by atoms with E-state index in [-0.39, 0.29) is 0 Å². The molecule has 0 saturated heterocycles. The molecule has 0 saturated carbocycles. The highest BCUT2D eigenvalue weighted by molar-refractivity contribution is 7.97. The number of benzene rings is 3. The number of hydrogen-bond donors (Lipinski definition) is 2. The van der Waals surface area contributed by atoms with Crippen LogP contribution in [0.4, 0.5) is 0 Å². The third-order valence-electron chi connectivity index (χ3n) is 3.38. The first-order chi connectivity index (χ1) is 11.7. The molecule has 24 heavy (non-hydrogen) atoms. The van der Waals surface area contributed by atoms with E-state index in [0.29, 0.717) is 5.75 Å². The Balaban J connectivity index is 1.61. The minimum atomic E-state index is -0.469. The van der Waals surface area contributed by atoms with Gasteiger partial charge < -0.3 is 10.6 Å². The van der Waals surface area contributed by atoms with Crippen LogP contribution in [0.3, 0.4) is 0 Å². The molecular formula is C19H16N2O2S. The topological polar surface area (TPSA) is 64.4 Å². The standard InChI is InChI=1S/C19H16N2O2S/c20-19(22)13-10-14-8-11-16(12-9-14)23-21-24-18-7-3-5-15-4-1-2-6-17(15)18/h1-13,21H,(H2,20,22)/b13-10+. The third-order valence-corrected chi connectivity index (χ3v) is 4.12. The molecule has 3 rings (SSSR count). The summed E-state index contributed by atoms with van der Waals surface area (Å²) < 4.78 is 0. The summed E-state index contributed by atoms with van der Waals surface area (Å²) in [5, 5.41) is 2.36. The first-order valence-corrected chi connectivity index (χ1v) is 8.18. The molecule has 0 aromatic heterocycles. The Morgan fingerprint density at radius 2 is 1.75 bits per heavy atom. The van der Waals surface area contributed by atoms with Crippen molar-refractivity contribution in [2.45, 2.75) is 4.90 Å². The molecule has 3 aromatic rings. The SMILES string of the molecule is NC(=O)/C=C/c1ccc(ONSc2cccc3ccccc23)cc1. The average Bonchev–Trinajstić information content (AvgIpc) is 2.61. The Morgan fingerprint density at radius 1 is 1.00 bits per heavy atom. The van der Waals surface area contributed by atoms with Crippen molar-refractivity contribution in [1.82, 2.24) is 4.89 Å². The van der Waals surface area contributed by atoms with E-state index in [1.54, 1.807) is 6.08 Å². The zero-order chi connectivity index (χ0) is 16.8. The van der Waals surface area contributed by atoms with Crippen LogP contribution in [0.5, 0.6) is 5.75 Å². The van der Waals surface area contributed by atoms with Crippen molar-refractivity contribution in [3.8, 4) is 5.75 Å². The molecule has 0 aliphatic carbocycles. The summed E-state index contributed by atoms with van der Waals surface area (Å²) >= 11 is 1.42. The Hall–Kier alpha value is -2.76. The van der Waals surface area contributed by atoms with Gasteiger partial charge in [0.25, 0.3) is 0 Å². The highest BCUT2D eigenvalue weighted by Crippen LogP contribution is 2.26. The third kappa shape index (κ3) is 4.16. The van der Waals surface area contributed by atoms with Crippen LogP contribution in [0.1, 0.15) is 5.56 Å². The summed E-state index contributed by atoms with van der Waals surface area (Å²) in [5.74, 6) is 0.211. The molecule has 1 amide bonds. The summed E-state index contributed by atoms with van der Waals surface area (Å²) in [6, 6.07) is 21.7. The van der Waals surface area contributed by atoms with Crippen molar-refractivity contribution in [3.63, 3.8) is 0 Å². The number of rotatable bonds is 6. The fourth-order valence-electron chi connectivity index (χ4n) is 2.22. The van der Waals surface area contributed by atoms with E-state index in [1.807, 2.05) is 48.5 Å². The Morgan fingerprint density at radius 3 is 2.54 bits per heavy atom. The number of nitrogens with one attached hydrogen (secondary N) is 1. The first-order valence-electron chi connectivity index (χ1n) is 7.36. The number of carbonyl (C=O) groups is 1. The number of primary amides is 1. The van der Waals surface area contributed by atoms with Gasteiger partial charge in [-0.2, -0.15) is 0 Å². The number of carbonyl (C=O) groups excluding carboxylic acids is 1. The van der Waals surface area contributed by atoms with Crippen molar-refractivity contribution in [3.05, 3.63) is 78.4 Å². The van der Waals surface area contributed by atoms with Crippen molar-refractivity contribution in [1.29, 1.82) is 0 Å². The lowest BCUT2D eigenvalue weighted by molar-refractivity contribution is -0.113. The lowest BCUT2D eigenvalue weighted by Crippen LogP contribution is -2.08. The highest BCUT2D eigenvalue weighted by atomic mass is 32.2. The molecule has 0 unspecified atom stereocenters. The lowest BCUT2D eigenvalue weighted by atomic mass is 10.1. The van der Waals surface area contributed by atoms with Crippen LogP contribution >= 0.6 is 11.9 Å². The zero-order valence-corrected chi connectivity index (χ0v) is 13.6. The summed E-state index contributed by atoms with van der Waals surface area (Å²) in [5.41, 5.74) is 5.95. The summed E-state index contributed by atoms with van der Waals surface area (Å²) in [6.45, 7) is 0. The molecule has 0 heterocycles. The smallest absolute Gasteiger partial charge is 0.241 e. The van der Waals surface area contributed by atoms with E-state index in [9.17, 15) is 4.79 Å². The largest absolute Gasteiger partial charge is 0.398 e. The minimum Gasteiger partial charge on any atom is -0.398 e. The molecule has 0 aliphatic heterocycles. The van der Waals surface area contributed by atoms with Crippen molar-refractivity contribution in [2.75, 3.05) is 0 Å². The number of nitrogens with two attached hydrogens (primary N) is 1. The molecule has 3 aromatic carbocycles. The van der Waals surface area contributed by atoms with Gasteiger partial charge in [-0.15, -0.1) is 0 Å². The number of fused-ring (bicyclic) bond motifs is 1. The van der Waals surface area contributed by atoms with Gasteiger partial charge in [0.1, 0.15) is 5.75 Å². The molecule has 4 nitrogen and oxygen atoms in total. The first kappa shape index (κ1) is 16.1. The lowest BCUT2D eigenvalue weighted by Gasteiger charge is -2.08. The van der Waals surface area contributed by atoms with Crippen LogP contribution in [-0.4, -0.2) is 5.91 Å². The molecular weight excluding hydrogens is 320 g/mol. The van der Waals surface area contributed by atoms with Crippen molar-refractivity contribution < 1.29 is 9.63 Å². The van der Waals surface area contributed by atoms with E-state index >= 15 is 0 Å². The average molecular weight is 336 g/mol. The van der Waals surface area contributed by atoms with Crippen LogP contribution in [-0.2, 0) is 4.79 Å². The van der Waals surface area contributed by atoms with Gasteiger partial charge in [-0.05, 0) is 52.6 Å². The van der Waals surface area contributed by atoms with Gasteiger partial charge in [0.15, 0.2) is 0 Å². The molecule has 0 spiro atoms. The van der Waals surface area contributed by atoms with Crippen LogP contribution in [0.25, 0.3) is 16.8 Å². The van der Waals surface area contributed by atoms with E-state index < -0.39 is 5.91 Å². The van der Waals surface area contributed by atoms with Gasteiger partial charge >= 0.3 is 0 Å². The summed E-state index contributed by atoms with van der Waals surface area (Å²) in [7, 11) is 0. The van der Waals surface area contributed by atoms with Crippen molar-refractivity contribution >= 4 is 34.7 Å². The number of hydrogen-bond acceptors (Lipinski definition) is 4. The molecule has 5 heteroatoms. The van der Waals surface area contributed by atoms with Gasteiger partial charge in [-0.3, -0.25) is 4.79 Å². The van der Waals surface area contributed by atoms with Crippen LogP contribution in [0.2, 0.25) is 0 Å². The zero-order valence-electron chi connectivity index (χ0n) is 12.8. The molecule has 120 valence electrons. The van der Waals surface area contributed by atoms with Gasteiger partial charge in [0.05, 0.1) is 0 Å². The summed E-state index contributed by atoms with van der Waals surface area (Å²) in [4.78, 5) is 20.2. The fourth-order valence-corrected chi connectivity index (χ4v) is 2.89. The second kappa shape index (κ2) is 7.68. The molecule has 3 N–H and O–H groups in total. The summed E-state index contributed by atoms with van der Waals surface area (Å²) in [6.07, 6.45) is 2.98. The Kier molecular flexibility index (Phi) is 5.15. The Bertz CT molecular complexity index is 871. The van der Waals surface area contributed by atoms with E-state index in [4.69, 9.17) is 10.6 Å². The van der Waals surface area contributed by atoms with Gasteiger partial charge in [-0.25, -0.2) is 0 Å². The predicted octanol–water partition coefficient (Wildman–Crippen LogP) is 3.93. The van der Waals surface area contributed by atoms with Gasteiger partial charge in [0, 0.05) is 11.0 Å². The van der Waals surface area contributed by atoms with Crippen LogP contribution in [0.15, 0.2) is 77.7 Å². The van der Waals surface area contributed by atoms with Gasteiger partial charge in [-0.1, -0.05) is 53.4 Å². The predicted molar refractivity (Wildman–Crippen MR) is 98.2 cm³/mol. The number of amides is 1. The normalized spacial score (nSPS) is 11.0. The molecule has 0 aliphatic rings.